The molecule has 10 nitrogen and oxygen atoms in total. The average Bonchev–Trinajstić information content (AvgIpc) is 3.14. The monoisotopic (exact) mass is 435 g/mol. The van der Waals surface area contributed by atoms with Crippen LogP contribution in [-0.2, 0) is 19.1 Å². The summed E-state index contributed by atoms with van der Waals surface area (Å²) in [6.45, 7) is 5.05. The van der Waals surface area contributed by atoms with Gasteiger partial charge in [-0.05, 0) is 39.7 Å². The van der Waals surface area contributed by atoms with Crippen LogP contribution in [0, 0.1) is 15.5 Å². The molecule has 10 heteroatoms. The summed E-state index contributed by atoms with van der Waals surface area (Å²) in [6, 6.07) is 3.75. The molecule has 0 bridgehead atoms. The molecule has 31 heavy (non-hydrogen) atoms. The third-order valence-electron chi connectivity index (χ3n) is 5.01. The summed E-state index contributed by atoms with van der Waals surface area (Å²) in [7, 11) is 1.32. The Balaban J connectivity index is 1.99. The Morgan fingerprint density at radius 3 is 2.35 bits per heavy atom. The van der Waals surface area contributed by atoms with Crippen LogP contribution < -0.4 is 15.4 Å². The highest BCUT2D eigenvalue weighted by Crippen LogP contribution is 2.42. The molecule has 0 saturated heterocycles. The molecule has 1 fully saturated rings. The Labute approximate surface area is 180 Å². The minimum Gasteiger partial charge on any atom is -0.494 e. The van der Waals surface area contributed by atoms with E-state index in [4.69, 9.17) is 9.47 Å². The van der Waals surface area contributed by atoms with Gasteiger partial charge in [0.15, 0.2) is 6.61 Å². The number of nitro groups is 1. The number of carbonyl (C=O) groups is 3. The van der Waals surface area contributed by atoms with Crippen molar-refractivity contribution in [2.45, 2.75) is 58.4 Å². The Morgan fingerprint density at radius 1 is 1.16 bits per heavy atom. The van der Waals surface area contributed by atoms with Crippen molar-refractivity contribution >= 4 is 29.2 Å². The molecule has 0 unspecified atom stereocenters. The van der Waals surface area contributed by atoms with Gasteiger partial charge in [0, 0.05) is 18.0 Å². The molecule has 0 radical (unpaired) electrons. The van der Waals surface area contributed by atoms with Gasteiger partial charge in [-0.15, -0.1) is 0 Å². The molecule has 0 heterocycles. The number of esters is 1. The number of ether oxygens (including phenoxy) is 2. The van der Waals surface area contributed by atoms with E-state index in [-0.39, 0.29) is 29.5 Å². The number of nitro benzene ring substituents is 1. The first kappa shape index (κ1) is 24.1. The smallest absolute Gasteiger partial charge is 0.313 e. The number of nitrogens with one attached hydrogen (secondary N) is 2. The average molecular weight is 435 g/mol. The lowest BCUT2D eigenvalue weighted by Crippen LogP contribution is -2.44. The molecule has 0 aliphatic heterocycles. The maximum Gasteiger partial charge on any atom is 0.313 e. The largest absolute Gasteiger partial charge is 0.494 e. The van der Waals surface area contributed by atoms with Crippen molar-refractivity contribution in [1.29, 1.82) is 0 Å². The fourth-order valence-electron chi connectivity index (χ4n) is 3.64. The number of amides is 2. The minimum absolute atomic E-state index is 0.0148. The summed E-state index contributed by atoms with van der Waals surface area (Å²) in [5.74, 6) is -1.31. The number of non-ortho nitro benzene ring substituents is 1. The zero-order valence-electron chi connectivity index (χ0n) is 18.3. The highest BCUT2D eigenvalue weighted by atomic mass is 16.6. The van der Waals surface area contributed by atoms with Crippen molar-refractivity contribution in [3.8, 4) is 5.75 Å². The van der Waals surface area contributed by atoms with Crippen LogP contribution in [0.4, 0.5) is 11.4 Å². The van der Waals surface area contributed by atoms with E-state index in [2.05, 4.69) is 10.6 Å². The molecule has 170 valence electrons. The normalized spacial score (nSPS) is 15.1. The number of benzene rings is 1. The lowest BCUT2D eigenvalue weighted by Gasteiger charge is -2.28. The van der Waals surface area contributed by atoms with Crippen LogP contribution in [-0.4, -0.2) is 42.0 Å². The van der Waals surface area contributed by atoms with E-state index in [1.807, 2.05) is 20.8 Å². The first-order chi connectivity index (χ1) is 14.5. The summed E-state index contributed by atoms with van der Waals surface area (Å²) in [5.41, 5.74) is -1.31. The van der Waals surface area contributed by atoms with E-state index in [1.54, 1.807) is 0 Å². The van der Waals surface area contributed by atoms with Crippen LogP contribution >= 0.6 is 0 Å². The van der Waals surface area contributed by atoms with E-state index in [1.165, 1.54) is 25.3 Å². The van der Waals surface area contributed by atoms with Crippen LogP contribution in [0.3, 0.4) is 0 Å². The van der Waals surface area contributed by atoms with E-state index < -0.39 is 34.4 Å². The van der Waals surface area contributed by atoms with Gasteiger partial charge in [0.25, 0.3) is 11.6 Å². The minimum atomic E-state index is -0.930. The molecule has 0 spiro atoms. The number of rotatable bonds is 8. The summed E-state index contributed by atoms with van der Waals surface area (Å²) >= 11 is 0. The molecule has 1 aromatic rings. The topological polar surface area (TPSA) is 137 Å². The number of anilines is 1. The zero-order valence-corrected chi connectivity index (χ0v) is 18.3. The maximum absolute atomic E-state index is 12.8. The number of nitrogens with zero attached hydrogens (tertiary/aromatic N) is 1. The number of carbonyl (C=O) groups excluding carboxylic acids is 3. The van der Waals surface area contributed by atoms with Gasteiger partial charge in [-0.1, -0.05) is 12.8 Å². The molecule has 1 aliphatic rings. The van der Waals surface area contributed by atoms with E-state index in [0.29, 0.717) is 12.8 Å². The van der Waals surface area contributed by atoms with Crippen molar-refractivity contribution in [3.05, 3.63) is 28.3 Å². The predicted octanol–water partition coefficient (Wildman–Crippen LogP) is 2.95. The predicted molar refractivity (Wildman–Crippen MR) is 113 cm³/mol. The fraction of sp³-hybridized carbons (Fsp3) is 0.571. The standard InChI is InChI=1S/C21H29N3O7/c1-20(2,3)23-17(25)12-21(9-5-6-10-21)19(27)31-13-18(26)22-15-8-7-14(24(28)29)11-16(15)30-4/h7-8,11H,5-6,9-10,12-13H2,1-4H3,(H,22,26)(H,23,25). The third kappa shape index (κ3) is 6.66. The molecule has 0 aromatic heterocycles. The first-order valence-corrected chi connectivity index (χ1v) is 10.1. The second-order valence-electron chi connectivity index (χ2n) is 8.73. The lowest BCUT2D eigenvalue weighted by molar-refractivity contribution is -0.384. The second kappa shape index (κ2) is 9.76. The molecule has 1 aromatic carbocycles. The van der Waals surface area contributed by atoms with Crippen LogP contribution in [0.5, 0.6) is 5.75 Å². The van der Waals surface area contributed by atoms with Gasteiger partial charge in [-0.3, -0.25) is 24.5 Å². The zero-order chi connectivity index (χ0) is 23.2. The molecular weight excluding hydrogens is 406 g/mol. The van der Waals surface area contributed by atoms with Gasteiger partial charge in [0.2, 0.25) is 5.91 Å². The van der Waals surface area contributed by atoms with Gasteiger partial charge >= 0.3 is 5.97 Å². The van der Waals surface area contributed by atoms with Crippen molar-refractivity contribution in [2.75, 3.05) is 19.0 Å². The first-order valence-electron chi connectivity index (χ1n) is 10.1. The van der Waals surface area contributed by atoms with Crippen molar-refractivity contribution in [1.82, 2.24) is 5.32 Å². The van der Waals surface area contributed by atoms with Gasteiger partial charge in [-0.2, -0.15) is 0 Å². The van der Waals surface area contributed by atoms with Crippen LogP contribution in [0.15, 0.2) is 18.2 Å². The second-order valence-corrected chi connectivity index (χ2v) is 8.73. The Hall–Kier alpha value is -3.17. The Bertz CT molecular complexity index is 855. The van der Waals surface area contributed by atoms with Crippen molar-refractivity contribution in [2.24, 2.45) is 5.41 Å². The van der Waals surface area contributed by atoms with Gasteiger partial charge in [0.05, 0.1) is 29.2 Å². The Kier molecular flexibility index (Phi) is 7.59. The molecule has 1 saturated carbocycles. The summed E-state index contributed by atoms with van der Waals surface area (Å²) in [6.07, 6.45) is 2.69. The molecule has 1 aliphatic carbocycles. The van der Waals surface area contributed by atoms with Gasteiger partial charge < -0.3 is 20.1 Å². The fourth-order valence-corrected chi connectivity index (χ4v) is 3.64. The van der Waals surface area contributed by atoms with Crippen LogP contribution in [0.1, 0.15) is 52.9 Å². The molecule has 2 amide bonds. The van der Waals surface area contributed by atoms with Crippen molar-refractivity contribution < 1.29 is 28.8 Å². The van der Waals surface area contributed by atoms with Crippen molar-refractivity contribution in [3.63, 3.8) is 0 Å². The molecule has 2 N–H and O–H groups in total. The summed E-state index contributed by atoms with van der Waals surface area (Å²) < 4.78 is 10.3. The molecular formula is C21H29N3O7. The Morgan fingerprint density at radius 2 is 1.81 bits per heavy atom. The summed E-state index contributed by atoms with van der Waals surface area (Å²) in [4.78, 5) is 47.7. The highest BCUT2D eigenvalue weighted by Gasteiger charge is 2.44. The number of methoxy groups -OCH3 is 1. The van der Waals surface area contributed by atoms with E-state index in [0.717, 1.165) is 12.8 Å². The molecule has 0 atom stereocenters. The quantitative estimate of drug-likeness (QED) is 0.364. The van der Waals surface area contributed by atoms with E-state index >= 15 is 0 Å². The summed E-state index contributed by atoms with van der Waals surface area (Å²) in [5, 5.41) is 16.2. The third-order valence-corrected chi connectivity index (χ3v) is 5.01. The maximum atomic E-state index is 12.8. The lowest BCUT2D eigenvalue weighted by atomic mass is 9.82. The van der Waals surface area contributed by atoms with Crippen LogP contribution in [0.2, 0.25) is 0 Å². The van der Waals surface area contributed by atoms with E-state index in [9.17, 15) is 24.5 Å². The number of hydrogen-bond donors (Lipinski definition) is 2. The SMILES string of the molecule is COc1cc([N+](=O)[O-])ccc1NC(=O)COC(=O)C1(CC(=O)NC(C)(C)C)CCCC1. The number of hydrogen-bond acceptors (Lipinski definition) is 7. The van der Waals surface area contributed by atoms with Crippen LogP contribution in [0.25, 0.3) is 0 Å². The molecule has 2 rings (SSSR count). The van der Waals surface area contributed by atoms with Gasteiger partial charge in [0.1, 0.15) is 5.75 Å². The van der Waals surface area contributed by atoms with Gasteiger partial charge in [-0.25, -0.2) is 0 Å². The highest BCUT2D eigenvalue weighted by molar-refractivity contribution is 5.95.